The number of nitrogens with zero attached hydrogens (tertiary/aromatic N) is 4. The Morgan fingerprint density at radius 1 is 1.46 bits per heavy atom. The molecular formula is C17H20N4O3. The normalized spacial score (nSPS) is 19.1. The number of aryl methyl sites for hydroxylation is 1. The summed E-state index contributed by atoms with van der Waals surface area (Å²) in [7, 11) is 0. The molecule has 1 saturated heterocycles. The van der Waals surface area contributed by atoms with E-state index in [9.17, 15) is 5.11 Å². The van der Waals surface area contributed by atoms with Crippen LogP contribution in [0, 0.1) is 18.3 Å². The second-order valence-corrected chi connectivity index (χ2v) is 5.93. The SMILES string of the molecule is Cc1nc(C2CCCN2CC(O)COc2ccc(C#N)cc2)no1. The first-order valence-corrected chi connectivity index (χ1v) is 8.01. The maximum absolute atomic E-state index is 10.3. The number of rotatable bonds is 6. The van der Waals surface area contributed by atoms with E-state index in [1.165, 1.54) is 0 Å². The highest BCUT2D eigenvalue weighted by atomic mass is 16.5. The minimum absolute atomic E-state index is 0.0898. The fourth-order valence-electron chi connectivity index (χ4n) is 2.93. The molecule has 1 aromatic heterocycles. The summed E-state index contributed by atoms with van der Waals surface area (Å²) in [4.78, 5) is 6.47. The van der Waals surface area contributed by atoms with E-state index in [1.54, 1.807) is 31.2 Å². The first-order valence-electron chi connectivity index (χ1n) is 8.01. The lowest BCUT2D eigenvalue weighted by molar-refractivity contribution is 0.0623. The highest BCUT2D eigenvalue weighted by molar-refractivity contribution is 5.34. The van der Waals surface area contributed by atoms with Gasteiger partial charge in [0.05, 0.1) is 17.7 Å². The third-order valence-corrected chi connectivity index (χ3v) is 4.08. The molecule has 0 aliphatic carbocycles. The zero-order valence-electron chi connectivity index (χ0n) is 13.6. The predicted molar refractivity (Wildman–Crippen MR) is 85.2 cm³/mol. The molecule has 1 aliphatic rings. The predicted octanol–water partition coefficient (Wildman–Crippen LogP) is 1.83. The van der Waals surface area contributed by atoms with Gasteiger partial charge in [-0.2, -0.15) is 10.2 Å². The highest BCUT2D eigenvalue weighted by Crippen LogP contribution is 2.30. The van der Waals surface area contributed by atoms with Crippen molar-refractivity contribution in [1.82, 2.24) is 15.0 Å². The molecule has 0 radical (unpaired) electrons. The summed E-state index contributed by atoms with van der Waals surface area (Å²) in [5.74, 6) is 1.88. The van der Waals surface area contributed by atoms with E-state index >= 15 is 0 Å². The lowest BCUT2D eigenvalue weighted by atomic mass is 10.2. The molecule has 2 heterocycles. The molecule has 1 aliphatic heterocycles. The number of aromatic nitrogens is 2. The van der Waals surface area contributed by atoms with E-state index in [-0.39, 0.29) is 12.6 Å². The zero-order valence-corrected chi connectivity index (χ0v) is 13.6. The number of benzene rings is 1. The van der Waals surface area contributed by atoms with Gasteiger partial charge in [0.1, 0.15) is 18.5 Å². The van der Waals surface area contributed by atoms with Crippen LogP contribution in [-0.2, 0) is 0 Å². The molecule has 7 nitrogen and oxygen atoms in total. The Hall–Kier alpha value is -2.43. The Labute approximate surface area is 140 Å². The summed E-state index contributed by atoms with van der Waals surface area (Å²) < 4.78 is 10.6. The van der Waals surface area contributed by atoms with Crippen molar-refractivity contribution in [2.45, 2.75) is 31.9 Å². The van der Waals surface area contributed by atoms with Crippen molar-refractivity contribution in [2.75, 3.05) is 19.7 Å². The van der Waals surface area contributed by atoms with Gasteiger partial charge >= 0.3 is 0 Å². The first-order chi connectivity index (χ1) is 11.7. The summed E-state index contributed by atoms with van der Waals surface area (Å²) in [6.07, 6.45) is 1.39. The fraction of sp³-hybridized carbons (Fsp3) is 0.471. The number of aliphatic hydroxyl groups is 1. The van der Waals surface area contributed by atoms with Gasteiger partial charge in [-0.1, -0.05) is 5.16 Å². The lowest BCUT2D eigenvalue weighted by Gasteiger charge is -2.24. The minimum Gasteiger partial charge on any atom is -0.491 e. The minimum atomic E-state index is -0.616. The zero-order chi connectivity index (χ0) is 16.9. The molecule has 3 rings (SSSR count). The molecule has 2 atom stereocenters. The number of hydrogen-bond acceptors (Lipinski definition) is 7. The largest absolute Gasteiger partial charge is 0.491 e. The van der Waals surface area contributed by atoms with E-state index in [2.05, 4.69) is 21.1 Å². The Bertz CT molecular complexity index is 707. The van der Waals surface area contributed by atoms with Crippen LogP contribution < -0.4 is 4.74 Å². The Morgan fingerprint density at radius 2 is 2.25 bits per heavy atom. The summed E-state index contributed by atoms with van der Waals surface area (Å²) in [5.41, 5.74) is 0.582. The molecule has 0 spiro atoms. The van der Waals surface area contributed by atoms with Gasteiger partial charge in [-0.3, -0.25) is 4.90 Å². The van der Waals surface area contributed by atoms with Gasteiger partial charge in [0.15, 0.2) is 5.82 Å². The van der Waals surface area contributed by atoms with E-state index in [1.807, 2.05) is 0 Å². The molecule has 1 N–H and O–H groups in total. The second-order valence-electron chi connectivity index (χ2n) is 5.93. The van der Waals surface area contributed by atoms with E-state index in [0.717, 1.165) is 19.4 Å². The number of nitriles is 1. The second kappa shape index (κ2) is 7.43. The third kappa shape index (κ3) is 3.91. The maximum Gasteiger partial charge on any atom is 0.223 e. The van der Waals surface area contributed by atoms with Gasteiger partial charge in [0.25, 0.3) is 0 Å². The van der Waals surface area contributed by atoms with Crippen LogP contribution in [0.25, 0.3) is 0 Å². The number of ether oxygens (including phenoxy) is 1. The fourth-order valence-corrected chi connectivity index (χ4v) is 2.93. The Balaban J connectivity index is 1.52. The average molecular weight is 328 g/mol. The Morgan fingerprint density at radius 3 is 2.92 bits per heavy atom. The number of likely N-dealkylation sites (tertiary alicyclic amines) is 1. The van der Waals surface area contributed by atoms with Crippen LogP contribution in [0.3, 0.4) is 0 Å². The van der Waals surface area contributed by atoms with Crippen molar-refractivity contribution < 1.29 is 14.4 Å². The van der Waals surface area contributed by atoms with Crippen molar-refractivity contribution in [2.24, 2.45) is 0 Å². The quantitative estimate of drug-likeness (QED) is 0.864. The number of hydrogen-bond donors (Lipinski definition) is 1. The van der Waals surface area contributed by atoms with Crippen LogP contribution in [0.5, 0.6) is 5.75 Å². The molecule has 0 saturated carbocycles. The summed E-state index contributed by atoms with van der Waals surface area (Å²) in [6.45, 7) is 3.36. The van der Waals surface area contributed by atoms with Gasteiger partial charge in [-0.25, -0.2) is 0 Å². The van der Waals surface area contributed by atoms with Crippen molar-refractivity contribution in [3.8, 4) is 11.8 Å². The van der Waals surface area contributed by atoms with Crippen molar-refractivity contribution in [3.63, 3.8) is 0 Å². The molecule has 0 bridgehead atoms. The van der Waals surface area contributed by atoms with Crippen LogP contribution in [0.15, 0.2) is 28.8 Å². The van der Waals surface area contributed by atoms with Crippen LogP contribution >= 0.6 is 0 Å². The van der Waals surface area contributed by atoms with Crippen molar-refractivity contribution >= 4 is 0 Å². The van der Waals surface area contributed by atoms with E-state index in [4.69, 9.17) is 14.5 Å². The first kappa shape index (κ1) is 16.4. The van der Waals surface area contributed by atoms with Gasteiger partial charge in [-0.05, 0) is 43.7 Å². The van der Waals surface area contributed by atoms with Gasteiger partial charge in [0, 0.05) is 13.5 Å². The lowest BCUT2D eigenvalue weighted by Crippen LogP contribution is -2.35. The molecule has 126 valence electrons. The molecule has 7 heteroatoms. The maximum atomic E-state index is 10.3. The van der Waals surface area contributed by atoms with Crippen LogP contribution in [0.1, 0.15) is 36.2 Å². The molecular weight excluding hydrogens is 308 g/mol. The van der Waals surface area contributed by atoms with Crippen LogP contribution in [0.2, 0.25) is 0 Å². The van der Waals surface area contributed by atoms with Gasteiger partial charge < -0.3 is 14.4 Å². The highest BCUT2D eigenvalue weighted by Gasteiger charge is 2.31. The van der Waals surface area contributed by atoms with Gasteiger partial charge in [0.2, 0.25) is 5.89 Å². The summed E-state index contributed by atoms with van der Waals surface area (Å²) in [6, 6.07) is 8.99. The summed E-state index contributed by atoms with van der Waals surface area (Å²) >= 11 is 0. The molecule has 24 heavy (non-hydrogen) atoms. The van der Waals surface area contributed by atoms with Crippen LogP contribution in [-0.4, -0.2) is 45.9 Å². The van der Waals surface area contributed by atoms with E-state index in [0.29, 0.717) is 29.6 Å². The van der Waals surface area contributed by atoms with E-state index < -0.39 is 6.10 Å². The molecule has 1 aromatic carbocycles. The third-order valence-electron chi connectivity index (χ3n) is 4.08. The average Bonchev–Trinajstić information content (AvgIpc) is 3.22. The molecule has 2 aromatic rings. The standard InChI is InChI=1S/C17H20N4O3/c1-12-19-17(20-24-12)16-3-2-8-21(16)10-14(22)11-23-15-6-4-13(9-18)5-7-15/h4-7,14,16,22H,2-3,8,10-11H2,1H3. The summed E-state index contributed by atoms with van der Waals surface area (Å²) in [5, 5.41) is 23.0. The molecule has 2 unspecified atom stereocenters. The van der Waals surface area contributed by atoms with Crippen LogP contribution in [0.4, 0.5) is 0 Å². The monoisotopic (exact) mass is 328 g/mol. The smallest absolute Gasteiger partial charge is 0.223 e. The Kier molecular flexibility index (Phi) is 5.08. The topological polar surface area (TPSA) is 95.4 Å². The molecule has 1 fully saturated rings. The molecule has 0 amide bonds. The van der Waals surface area contributed by atoms with Crippen molar-refractivity contribution in [3.05, 3.63) is 41.5 Å². The van der Waals surface area contributed by atoms with Gasteiger partial charge in [-0.15, -0.1) is 0 Å². The number of β-amino-alcohol motifs (C(OH)–C–C–N with tert-alkyl or cyclic N) is 1. The van der Waals surface area contributed by atoms with Crippen molar-refractivity contribution in [1.29, 1.82) is 5.26 Å². The number of aliphatic hydroxyl groups excluding tert-OH is 1.